The molecule has 1 unspecified atom stereocenters. The van der Waals surface area contributed by atoms with Gasteiger partial charge in [-0.3, -0.25) is 0 Å². The topological polar surface area (TPSA) is 21.3 Å². The monoisotopic (exact) mass is 263 g/mol. The van der Waals surface area contributed by atoms with E-state index in [-0.39, 0.29) is 0 Å². The van der Waals surface area contributed by atoms with Crippen LogP contribution in [0.1, 0.15) is 55.8 Å². The summed E-state index contributed by atoms with van der Waals surface area (Å²) in [5.74, 6) is 0. The van der Waals surface area contributed by atoms with Gasteiger partial charge in [0.05, 0.1) is 0 Å². The molecule has 1 N–H and O–H groups in total. The number of ether oxygens (including phenoxy) is 1. The number of aryl methyl sites for hydroxylation is 2. The Balaban J connectivity index is 2.65. The zero-order valence-corrected chi connectivity index (χ0v) is 13.0. The van der Waals surface area contributed by atoms with Gasteiger partial charge in [-0.25, -0.2) is 0 Å². The molecule has 0 saturated heterocycles. The first-order valence-corrected chi connectivity index (χ1v) is 7.56. The Bertz CT molecular complexity index is 342. The van der Waals surface area contributed by atoms with Crippen LogP contribution in [-0.2, 0) is 4.74 Å². The van der Waals surface area contributed by atoms with E-state index in [1.165, 1.54) is 23.1 Å². The Labute approximate surface area is 118 Å². The van der Waals surface area contributed by atoms with Crippen LogP contribution in [0.4, 0.5) is 0 Å². The third kappa shape index (κ3) is 6.22. The zero-order chi connectivity index (χ0) is 14.1. The molecule has 0 amide bonds. The third-order valence-electron chi connectivity index (χ3n) is 3.27. The molecule has 0 radical (unpaired) electrons. The average molecular weight is 263 g/mol. The lowest BCUT2D eigenvalue weighted by Crippen LogP contribution is -2.22. The molecule has 0 aromatic heterocycles. The second kappa shape index (κ2) is 9.11. The molecule has 1 rings (SSSR count). The van der Waals surface area contributed by atoms with Crippen molar-refractivity contribution in [2.45, 2.75) is 53.0 Å². The van der Waals surface area contributed by atoms with Crippen LogP contribution in [0.2, 0.25) is 0 Å². The molecular weight excluding hydrogens is 234 g/mol. The van der Waals surface area contributed by atoms with E-state index in [4.69, 9.17) is 4.74 Å². The molecule has 0 spiro atoms. The highest BCUT2D eigenvalue weighted by atomic mass is 16.5. The first kappa shape index (κ1) is 16.2. The molecule has 108 valence electrons. The molecule has 19 heavy (non-hydrogen) atoms. The predicted octanol–water partition coefficient (Wildman–Crippen LogP) is 4.16. The fraction of sp³-hybridized carbons (Fsp3) is 0.647. The van der Waals surface area contributed by atoms with Crippen LogP contribution in [0.3, 0.4) is 0 Å². The number of benzene rings is 1. The molecular formula is C17H29NO. The number of nitrogens with one attached hydrogen (secondary N) is 1. The molecule has 0 aliphatic rings. The smallest absolute Gasteiger partial charge is 0.0466 e. The maximum atomic E-state index is 5.44. The summed E-state index contributed by atoms with van der Waals surface area (Å²) >= 11 is 0. The first-order chi connectivity index (χ1) is 9.17. The largest absolute Gasteiger partial charge is 0.382 e. The van der Waals surface area contributed by atoms with Crippen LogP contribution in [0.15, 0.2) is 18.2 Å². The van der Waals surface area contributed by atoms with Crippen molar-refractivity contribution in [3.63, 3.8) is 0 Å². The molecule has 1 atom stereocenters. The first-order valence-electron chi connectivity index (χ1n) is 7.56. The second-order valence-corrected chi connectivity index (χ2v) is 5.27. The Kier molecular flexibility index (Phi) is 7.76. The lowest BCUT2D eigenvalue weighted by atomic mass is 9.98. The van der Waals surface area contributed by atoms with E-state index in [1.54, 1.807) is 0 Å². The van der Waals surface area contributed by atoms with Crippen molar-refractivity contribution in [2.75, 3.05) is 19.8 Å². The number of hydrogen-bond donors (Lipinski definition) is 1. The van der Waals surface area contributed by atoms with Crippen molar-refractivity contribution in [3.05, 3.63) is 34.9 Å². The SMILES string of the molecule is CCCNC(CCCOCC)c1cc(C)cc(C)c1. The standard InChI is InChI=1S/C17H29NO/c1-5-9-18-17(8-7-10-19-6-2)16-12-14(3)11-15(4)13-16/h11-13,17-18H,5-10H2,1-4H3. The summed E-state index contributed by atoms with van der Waals surface area (Å²) in [7, 11) is 0. The normalized spacial score (nSPS) is 12.6. The van der Waals surface area contributed by atoms with Crippen molar-refractivity contribution in [1.29, 1.82) is 0 Å². The minimum atomic E-state index is 0.457. The quantitative estimate of drug-likeness (QED) is 0.675. The van der Waals surface area contributed by atoms with Gasteiger partial charge in [0.15, 0.2) is 0 Å². The second-order valence-electron chi connectivity index (χ2n) is 5.27. The Morgan fingerprint density at radius 3 is 2.37 bits per heavy atom. The Hall–Kier alpha value is -0.860. The van der Waals surface area contributed by atoms with Crippen LogP contribution >= 0.6 is 0 Å². The fourth-order valence-corrected chi connectivity index (χ4v) is 2.45. The molecule has 0 bridgehead atoms. The Morgan fingerprint density at radius 2 is 1.79 bits per heavy atom. The number of rotatable bonds is 9. The van der Waals surface area contributed by atoms with E-state index < -0.39 is 0 Å². The van der Waals surface area contributed by atoms with Crippen molar-refractivity contribution >= 4 is 0 Å². The molecule has 0 heterocycles. The maximum Gasteiger partial charge on any atom is 0.0466 e. The van der Waals surface area contributed by atoms with Crippen LogP contribution < -0.4 is 5.32 Å². The summed E-state index contributed by atoms with van der Waals surface area (Å²) in [5, 5.41) is 3.66. The minimum absolute atomic E-state index is 0.457. The summed E-state index contributed by atoms with van der Waals surface area (Å²) in [6, 6.07) is 7.31. The van der Waals surface area contributed by atoms with E-state index in [1.807, 2.05) is 0 Å². The molecule has 0 fully saturated rings. The van der Waals surface area contributed by atoms with Gasteiger partial charge >= 0.3 is 0 Å². The van der Waals surface area contributed by atoms with Gasteiger partial charge in [-0.05, 0) is 52.1 Å². The third-order valence-corrected chi connectivity index (χ3v) is 3.27. The highest BCUT2D eigenvalue weighted by Crippen LogP contribution is 2.21. The van der Waals surface area contributed by atoms with Gasteiger partial charge in [0, 0.05) is 19.3 Å². The zero-order valence-electron chi connectivity index (χ0n) is 13.0. The van der Waals surface area contributed by atoms with Gasteiger partial charge in [-0.15, -0.1) is 0 Å². The van der Waals surface area contributed by atoms with Gasteiger partial charge in [-0.2, -0.15) is 0 Å². The molecule has 1 aromatic rings. The minimum Gasteiger partial charge on any atom is -0.382 e. The van der Waals surface area contributed by atoms with Gasteiger partial charge < -0.3 is 10.1 Å². The maximum absolute atomic E-state index is 5.44. The lowest BCUT2D eigenvalue weighted by Gasteiger charge is -2.20. The summed E-state index contributed by atoms with van der Waals surface area (Å²) in [5.41, 5.74) is 4.12. The highest BCUT2D eigenvalue weighted by molar-refractivity contribution is 5.30. The van der Waals surface area contributed by atoms with E-state index in [0.29, 0.717) is 6.04 Å². The van der Waals surface area contributed by atoms with Crippen LogP contribution in [0.5, 0.6) is 0 Å². The molecule has 0 aliphatic carbocycles. The summed E-state index contributed by atoms with van der Waals surface area (Å²) in [6.07, 6.45) is 3.43. The van der Waals surface area contributed by atoms with E-state index in [0.717, 1.165) is 32.6 Å². The predicted molar refractivity (Wildman–Crippen MR) is 82.7 cm³/mol. The summed E-state index contributed by atoms with van der Waals surface area (Å²) in [6.45, 7) is 11.4. The van der Waals surface area contributed by atoms with Gasteiger partial charge in [-0.1, -0.05) is 36.2 Å². The Morgan fingerprint density at radius 1 is 1.11 bits per heavy atom. The fourth-order valence-electron chi connectivity index (χ4n) is 2.45. The van der Waals surface area contributed by atoms with Gasteiger partial charge in [0.25, 0.3) is 0 Å². The van der Waals surface area contributed by atoms with E-state index in [2.05, 4.69) is 51.2 Å². The van der Waals surface area contributed by atoms with E-state index >= 15 is 0 Å². The molecule has 0 aliphatic heterocycles. The lowest BCUT2D eigenvalue weighted by molar-refractivity contribution is 0.141. The van der Waals surface area contributed by atoms with Crippen molar-refractivity contribution in [3.8, 4) is 0 Å². The van der Waals surface area contributed by atoms with Gasteiger partial charge in [0.2, 0.25) is 0 Å². The molecule has 0 saturated carbocycles. The highest BCUT2D eigenvalue weighted by Gasteiger charge is 2.11. The average Bonchev–Trinajstić information content (AvgIpc) is 2.36. The van der Waals surface area contributed by atoms with Crippen molar-refractivity contribution in [1.82, 2.24) is 5.32 Å². The molecule has 2 nitrogen and oxygen atoms in total. The number of hydrogen-bond acceptors (Lipinski definition) is 2. The molecule has 1 aromatic carbocycles. The summed E-state index contributed by atoms with van der Waals surface area (Å²) < 4.78 is 5.44. The van der Waals surface area contributed by atoms with E-state index in [9.17, 15) is 0 Å². The van der Waals surface area contributed by atoms with Crippen molar-refractivity contribution in [2.24, 2.45) is 0 Å². The van der Waals surface area contributed by atoms with Crippen LogP contribution in [0.25, 0.3) is 0 Å². The van der Waals surface area contributed by atoms with Gasteiger partial charge in [0.1, 0.15) is 0 Å². The molecule has 2 heteroatoms. The van der Waals surface area contributed by atoms with Crippen LogP contribution in [0, 0.1) is 13.8 Å². The van der Waals surface area contributed by atoms with Crippen molar-refractivity contribution < 1.29 is 4.74 Å². The van der Waals surface area contributed by atoms with Crippen LogP contribution in [-0.4, -0.2) is 19.8 Å². The summed E-state index contributed by atoms with van der Waals surface area (Å²) in [4.78, 5) is 0.